The predicted octanol–water partition coefficient (Wildman–Crippen LogP) is 3.17. The summed E-state index contributed by atoms with van der Waals surface area (Å²) < 4.78 is 0. The summed E-state index contributed by atoms with van der Waals surface area (Å²) in [5.41, 5.74) is 3.87. The Bertz CT molecular complexity index is 805. The zero-order chi connectivity index (χ0) is 19.0. The highest BCUT2D eigenvalue weighted by Gasteiger charge is 2.36. The van der Waals surface area contributed by atoms with Crippen molar-refractivity contribution in [1.82, 2.24) is 15.2 Å². The molecule has 2 aliphatic heterocycles. The Morgan fingerprint density at radius 3 is 2.30 bits per heavy atom. The maximum atomic E-state index is 13.1. The van der Waals surface area contributed by atoms with Crippen LogP contribution in [-0.4, -0.2) is 55.1 Å². The van der Waals surface area contributed by atoms with Crippen molar-refractivity contribution in [3.8, 4) is 11.1 Å². The number of benzene rings is 1. The Balaban J connectivity index is 1.52. The third kappa shape index (κ3) is 3.69. The number of anilines is 1. The minimum atomic E-state index is 0.0700. The molecule has 142 valence electrons. The largest absolute Gasteiger partial charge is 0.378 e. The molecule has 0 saturated carbocycles. The Morgan fingerprint density at radius 2 is 1.67 bits per heavy atom. The molecule has 1 amide bonds. The maximum absolute atomic E-state index is 13.1. The van der Waals surface area contributed by atoms with Gasteiger partial charge in [0.05, 0.1) is 5.56 Å². The molecule has 1 aromatic heterocycles. The molecule has 2 atom stereocenters. The van der Waals surface area contributed by atoms with Gasteiger partial charge in [-0.2, -0.15) is 0 Å². The molecule has 2 fully saturated rings. The first-order valence-electron chi connectivity index (χ1n) is 9.77. The summed E-state index contributed by atoms with van der Waals surface area (Å²) in [5.74, 6) is 0.0700. The zero-order valence-corrected chi connectivity index (χ0v) is 16.4. The van der Waals surface area contributed by atoms with E-state index in [0.29, 0.717) is 23.7 Å². The lowest BCUT2D eigenvalue weighted by atomic mass is 9.97. The summed E-state index contributed by atoms with van der Waals surface area (Å²) >= 11 is 0. The smallest absolute Gasteiger partial charge is 0.255 e. The molecule has 0 radical (unpaired) electrons. The summed E-state index contributed by atoms with van der Waals surface area (Å²) in [7, 11) is 5.99. The van der Waals surface area contributed by atoms with E-state index in [1.807, 2.05) is 38.3 Å². The molecule has 5 nitrogen and oxygen atoms in total. The van der Waals surface area contributed by atoms with Crippen molar-refractivity contribution in [2.24, 2.45) is 0 Å². The van der Waals surface area contributed by atoms with E-state index in [9.17, 15) is 4.79 Å². The molecule has 2 unspecified atom stereocenters. The summed E-state index contributed by atoms with van der Waals surface area (Å²) in [6.07, 6.45) is 8.10. The molecule has 1 N–H and O–H groups in total. The van der Waals surface area contributed by atoms with Crippen molar-refractivity contribution in [2.75, 3.05) is 26.0 Å². The van der Waals surface area contributed by atoms with Crippen molar-refractivity contribution in [2.45, 2.75) is 43.8 Å². The van der Waals surface area contributed by atoms with Gasteiger partial charge in [-0.3, -0.25) is 9.78 Å². The highest BCUT2D eigenvalue weighted by atomic mass is 16.2. The lowest BCUT2D eigenvalue weighted by molar-refractivity contribution is 0.0681. The SMILES string of the molecule is CN(C)c1ccc(-c2cncc(C(=O)N(C)C3CC4CCC(C3)N4)c2)cc1. The first-order chi connectivity index (χ1) is 13.0. The van der Waals surface area contributed by atoms with Crippen molar-refractivity contribution in [1.29, 1.82) is 0 Å². The standard InChI is InChI=1S/C22H28N4O/c1-25(2)20-8-4-15(5-9-20)16-10-17(14-23-13-16)22(27)26(3)21-11-18-6-7-19(12-21)24-18/h4-5,8-10,13-14,18-19,21,24H,6-7,11-12H2,1-3H3. The molecule has 2 saturated heterocycles. The van der Waals surface area contributed by atoms with Crippen LogP contribution in [0.15, 0.2) is 42.7 Å². The molecule has 2 aliphatic rings. The van der Waals surface area contributed by atoms with Gasteiger partial charge in [-0.15, -0.1) is 0 Å². The minimum absolute atomic E-state index is 0.0700. The van der Waals surface area contributed by atoms with Crippen LogP contribution in [0.2, 0.25) is 0 Å². The molecule has 0 aliphatic carbocycles. The summed E-state index contributed by atoms with van der Waals surface area (Å²) in [5, 5.41) is 3.64. The second-order valence-corrected chi connectivity index (χ2v) is 8.08. The fourth-order valence-corrected chi connectivity index (χ4v) is 4.38. The number of hydrogen-bond donors (Lipinski definition) is 1. The number of hydrogen-bond acceptors (Lipinski definition) is 4. The van der Waals surface area contributed by atoms with Crippen molar-refractivity contribution in [3.63, 3.8) is 0 Å². The number of rotatable bonds is 4. The number of aromatic nitrogens is 1. The second kappa shape index (κ2) is 7.31. The predicted molar refractivity (Wildman–Crippen MR) is 109 cm³/mol. The first-order valence-corrected chi connectivity index (χ1v) is 9.77. The molecule has 0 spiro atoms. The van der Waals surface area contributed by atoms with Crippen molar-refractivity contribution in [3.05, 3.63) is 48.3 Å². The molecule has 4 rings (SSSR count). The van der Waals surface area contributed by atoms with Gasteiger partial charge in [0.1, 0.15) is 0 Å². The number of carbonyl (C=O) groups is 1. The van der Waals surface area contributed by atoms with E-state index < -0.39 is 0 Å². The molecular weight excluding hydrogens is 336 g/mol. The van der Waals surface area contributed by atoms with E-state index in [2.05, 4.69) is 39.5 Å². The third-order valence-corrected chi connectivity index (χ3v) is 6.02. The van der Waals surface area contributed by atoms with E-state index in [1.165, 1.54) is 12.8 Å². The van der Waals surface area contributed by atoms with Crippen LogP contribution in [0.5, 0.6) is 0 Å². The fraction of sp³-hybridized carbons (Fsp3) is 0.455. The number of pyridine rings is 1. The van der Waals surface area contributed by atoms with Crippen LogP contribution >= 0.6 is 0 Å². The molecule has 3 heterocycles. The fourth-order valence-electron chi connectivity index (χ4n) is 4.38. The summed E-state index contributed by atoms with van der Waals surface area (Å²) in [6, 6.07) is 11.8. The van der Waals surface area contributed by atoms with Gasteiger partial charge in [0.25, 0.3) is 5.91 Å². The van der Waals surface area contributed by atoms with Crippen LogP contribution < -0.4 is 10.2 Å². The Hall–Kier alpha value is -2.40. The first kappa shape index (κ1) is 18.0. The topological polar surface area (TPSA) is 48.5 Å². The average molecular weight is 364 g/mol. The number of nitrogens with one attached hydrogen (secondary N) is 1. The highest BCUT2D eigenvalue weighted by molar-refractivity contribution is 5.95. The van der Waals surface area contributed by atoms with Crippen molar-refractivity contribution >= 4 is 11.6 Å². The Labute approximate surface area is 161 Å². The van der Waals surface area contributed by atoms with Crippen LogP contribution in [-0.2, 0) is 0 Å². The number of amides is 1. The number of nitrogens with zero attached hydrogens (tertiary/aromatic N) is 3. The summed E-state index contributed by atoms with van der Waals surface area (Å²) in [6.45, 7) is 0. The molecule has 5 heteroatoms. The molecule has 27 heavy (non-hydrogen) atoms. The van der Waals surface area contributed by atoms with Crippen LogP contribution in [0.4, 0.5) is 5.69 Å². The van der Waals surface area contributed by atoms with E-state index in [0.717, 1.165) is 29.7 Å². The monoisotopic (exact) mass is 364 g/mol. The summed E-state index contributed by atoms with van der Waals surface area (Å²) in [4.78, 5) is 21.4. The molecular formula is C22H28N4O. The second-order valence-electron chi connectivity index (χ2n) is 8.08. The van der Waals surface area contributed by atoms with Crippen LogP contribution in [0.25, 0.3) is 11.1 Å². The number of carbonyl (C=O) groups excluding carboxylic acids is 1. The third-order valence-electron chi connectivity index (χ3n) is 6.02. The molecule has 1 aromatic carbocycles. The van der Waals surface area contributed by atoms with Gasteiger partial charge < -0.3 is 15.1 Å². The van der Waals surface area contributed by atoms with Crippen LogP contribution in [0.3, 0.4) is 0 Å². The van der Waals surface area contributed by atoms with Crippen LogP contribution in [0.1, 0.15) is 36.0 Å². The van der Waals surface area contributed by atoms with E-state index >= 15 is 0 Å². The van der Waals surface area contributed by atoms with Gasteiger partial charge in [-0.1, -0.05) is 12.1 Å². The van der Waals surface area contributed by atoms with E-state index in [-0.39, 0.29) is 5.91 Å². The van der Waals surface area contributed by atoms with Crippen LogP contribution in [0, 0.1) is 0 Å². The maximum Gasteiger partial charge on any atom is 0.255 e. The van der Waals surface area contributed by atoms with Gasteiger partial charge in [0.15, 0.2) is 0 Å². The van der Waals surface area contributed by atoms with E-state index in [4.69, 9.17) is 0 Å². The average Bonchev–Trinajstić information content (AvgIpc) is 3.04. The van der Waals surface area contributed by atoms with Gasteiger partial charge in [0.2, 0.25) is 0 Å². The van der Waals surface area contributed by atoms with Gasteiger partial charge in [-0.05, 0) is 49.4 Å². The number of fused-ring (bicyclic) bond motifs is 2. The van der Waals surface area contributed by atoms with Gasteiger partial charge in [-0.25, -0.2) is 0 Å². The normalized spacial score (nSPS) is 23.9. The molecule has 2 bridgehead atoms. The van der Waals surface area contributed by atoms with Gasteiger partial charge >= 0.3 is 0 Å². The lowest BCUT2D eigenvalue weighted by Crippen LogP contribution is -2.48. The van der Waals surface area contributed by atoms with E-state index in [1.54, 1.807) is 6.20 Å². The van der Waals surface area contributed by atoms with Crippen molar-refractivity contribution < 1.29 is 4.79 Å². The number of piperidine rings is 1. The zero-order valence-electron chi connectivity index (χ0n) is 16.4. The minimum Gasteiger partial charge on any atom is -0.378 e. The Morgan fingerprint density at radius 1 is 1.00 bits per heavy atom. The lowest BCUT2D eigenvalue weighted by Gasteiger charge is -2.35. The highest BCUT2D eigenvalue weighted by Crippen LogP contribution is 2.30. The molecule has 2 aromatic rings. The van der Waals surface area contributed by atoms with Gasteiger partial charge in [0, 0.05) is 62.9 Å². The Kier molecular flexibility index (Phi) is 4.87. The quantitative estimate of drug-likeness (QED) is 0.905.